The second kappa shape index (κ2) is 4.25. The number of rotatable bonds is 2. The number of nitro groups is 1. The minimum atomic E-state index is -0.453. The molecule has 0 N–H and O–H groups in total. The van der Waals surface area contributed by atoms with Crippen LogP contribution in [-0.4, -0.2) is 19.7 Å². The van der Waals surface area contributed by atoms with Gasteiger partial charge in [0.15, 0.2) is 0 Å². The van der Waals surface area contributed by atoms with Crippen molar-refractivity contribution < 1.29 is 4.92 Å². The first-order valence-corrected chi connectivity index (χ1v) is 5.11. The molecule has 7 heteroatoms. The quantitative estimate of drug-likeness (QED) is 0.590. The molecule has 18 heavy (non-hydrogen) atoms. The van der Waals surface area contributed by atoms with Gasteiger partial charge in [-0.05, 0) is 26.0 Å². The highest BCUT2D eigenvalue weighted by atomic mass is 16.6. The van der Waals surface area contributed by atoms with E-state index in [0.29, 0.717) is 17.1 Å². The lowest BCUT2D eigenvalue weighted by Gasteiger charge is -2.02. The molecule has 0 saturated carbocycles. The molecule has 0 bridgehead atoms. The van der Waals surface area contributed by atoms with Crippen LogP contribution in [0.1, 0.15) is 17.1 Å². The van der Waals surface area contributed by atoms with Crippen molar-refractivity contribution in [3.05, 3.63) is 45.5 Å². The number of hydrogen-bond donors (Lipinski definition) is 0. The topological polar surface area (TPSA) is 97.6 Å². The van der Waals surface area contributed by atoms with Gasteiger partial charge in [-0.25, -0.2) is 9.67 Å². The van der Waals surface area contributed by atoms with Crippen LogP contribution in [0.4, 0.5) is 5.69 Å². The summed E-state index contributed by atoms with van der Waals surface area (Å²) in [6, 6.07) is 5.09. The Morgan fingerprint density at radius 3 is 2.61 bits per heavy atom. The summed E-state index contributed by atoms with van der Waals surface area (Å²) in [6.45, 7) is 3.20. The number of aromatic nitrogens is 3. The predicted octanol–water partition coefficient (Wildman–Crippen LogP) is 1.66. The number of nitrogens with zero attached hydrogens (tertiary/aromatic N) is 5. The summed E-state index contributed by atoms with van der Waals surface area (Å²) < 4.78 is 1.45. The highest BCUT2D eigenvalue weighted by molar-refractivity contribution is 5.45. The first kappa shape index (κ1) is 11.7. The summed E-state index contributed by atoms with van der Waals surface area (Å²) in [5.74, 6) is 0. The van der Waals surface area contributed by atoms with Gasteiger partial charge in [0.05, 0.1) is 16.8 Å². The molecule has 0 radical (unpaired) electrons. The zero-order valence-electron chi connectivity index (χ0n) is 9.78. The van der Waals surface area contributed by atoms with Gasteiger partial charge in [-0.15, -0.1) is 0 Å². The molecule has 2 aromatic heterocycles. The summed E-state index contributed by atoms with van der Waals surface area (Å²) in [7, 11) is 0. The van der Waals surface area contributed by atoms with Crippen LogP contribution in [0.2, 0.25) is 0 Å². The monoisotopic (exact) mass is 243 g/mol. The molecule has 0 spiro atoms. The van der Waals surface area contributed by atoms with Crippen molar-refractivity contribution in [2.75, 3.05) is 0 Å². The molecule has 0 aromatic carbocycles. The molecule has 0 amide bonds. The molecular weight excluding hydrogens is 234 g/mol. The third-order valence-corrected chi connectivity index (χ3v) is 2.54. The summed E-state index contributed by atoms with van der Waals surface area (Å²) in [5.41, 5.74) is 1.66. The van der Waals surface area contributed by atoms with E-state index in [2.05, 4.69) is 10.1 Å². The molecule has 0 saturated heterocycles. The minimum Gasteiger partial charge on any atom is -0.258 e. The van der Waals surface area contributed by atoms with Gasteiger partial charge in [-0.3, -0.25) is 10.1 Å². The molecule has 2 rings (SSSR count). The third-order valence-electron chi connectivity index (χ3n) is 2.54. The lowest BCUT2D eigenvalue weighted by Crippen LogP contribution is -2.00. The lowest BCUT2D eigenvalue weighted by molar-refractivity contribution is -0.386. The van der Waals surface area contributed by atoms with Gasteiger partial charge >= 0.3 is 5.69 Å². The van der Waals surface area contributed by atoms with Crippen LogP contribution in [0.15, 0.2) is 18.3 Å². The van der Waals surface area contributed by atoms with Gasteiger partial charge in [0.1, 0.15) is 23.2 Å². The molecule has 2 heterocycles. The largest absolute Gasteiger partial charge is 0.313 e. The van der Waals surface area contributed by atoms with E-state index in [4.69, 9.17) is 5.26 Å². The average molecular weight is 243 g/mol. The van der Waals surface area contributed by atoms with E-state index >= 15 is 0 Å². The number of nitriles is 1. The van der Waals surface area contributed by atoms with Gasteiger partial charge in [0.25, 0.3) is 0 Å². The summed E-state index contributed by atoms with van der Waals surface area (Å²) in [4.78, 5) is 14.3. The Bertz CT molecular complexity index is 651. The number of aryl methyl sites for hydroxylation is 1. The first-order valence-electron chi connectivity index (χ1n) is 5.11. The van der Waals surface area contributed by atoms with Crippen molar-refractivity contribution >= 4 is 5.69 Å². The van der Waals surface area contributed by atoms with Crippen molar-refractivity contribution in [2.24, 2.45) is 0 Å². The van der Waals surface area contributed by atoms with Crippen LogP contribution in [-0.2, 0) is 0 Å². The maximum atomic E-state index is 10.9. The number of pyridine rings is 1. The Kier molecular flexibility index (Phi) is 2.77. The minimum absolute atomic E-state index is 0.000593. The zero-order valence-corrected chi connectivity index (χ0v) is 9.78. The van der Waals surface area contributed by atoms with E-state index in [-0.39, 0.29) is 11.4 Å². The fourth-order valence-corrected chi connectivity index (χ4v) is 1.73. The van der Waals surface area contributed by atoms with Gasteiger partial charge in [-0.2, -0.15) is 10.4 Å². The Labute approximate surface area is 102 Å². The Morgan fingerprint density at radius 2 is 2.17 bits per heavy atom. The molecule has 0 unspecified atom stereocenters. The highest BCUT2D eigenvalue weighted by Crippen LogP contribution is 2.24. The van der Waals surface area contributed by atoms with Gasteiger partial charge in [0.2, 0.25) is 0 Å². The van der Waals surface area contributed by atoms with Crippen LogP contribution < -0.4 is 0 Å². The SMILES string of the molecule is Cc1nn(-c2ccc(C#N)nc2)c(C)c1[N+](=O)[O-]. The molecule has 7 nitrogen and oxygen atoms in total. The second-order valence-electron chi connectivity index (χ2n) is 3.70. The third kappa shape index (κ3) is 1.80. The maximum Gasteiger partial charge on any atom is 0.313 e. The number of hydrogen-bond acceptors (Lipinski definition) is 5. The second-order valence-corrected chi connectivity index (χ2v) is 3.70. The Morgan fingerprint density at radius 1 is 1.44 bits per heavy atom. The molecule has 0 aliphatic rings. The maximum absolute atomic E-state index is 10.9. The molecule has 0 aliphatic heterocycles. The van der Waals surface area contributed by atoms with Crippen LogP contribution in [0.5, 0.6) is 0 Å². The van der Waals surface area contributed by atoms with Crippen LogP contribution in [0.3, 0.4) is 0 Å². The fraction of sp³-hybridized carbons (Fsp3) is 0.182. The zero-order chi connectivity index (χ0) is 13.3. The van der Waals surface area contributed by atoms with Crippen molar-refractivity contribution in [1.82, 2.24) is 14.8 Å². The first-order chi connectivity index (χ1) is 8.54. The fourth-order valence-electron chi connectivity index (χ4n) is 1.73. The summed E-state index contributed by atoms with van der Waals surface area (Å²) in [5, 5.41) is 23.6. The lowest BCUT2D eigenvalue weighted by atomic mass is 10.3. The van der Waals surface area contributed by atoms with Crippen LogP contribution >= 0.6 is 0 Å². The van der Waals surface area contributed by atoms with Gasteiger partial charge < -0.3 is 0 Å². The Balaban J connectivity index is 2.55. The van der Waals surface area contributed by atoms with Crippen molar-refractivity contribution in [3.63, 3.8) is 0 Å². The van der Waals surface area contributed by atoms with Gasteiger partial charge in [-0.1, -0.05) is 0 Å². The molecular formula is C11H9N5O2. The van der Waals surface area contributed by atoms with E-state index < -0.39 is 4.92 Å². The van der Waals surface area contributed by atoms with Crippen molar-refractivity contribution in [2.45, 2.75) is 13.8 Å². The normalized spacial score (nSPS) is 10.1. The van der Waals surface area contributed by atoms with Crippen LogP contribution in [0, 0.1) is 35.3 Å². The van der Waals surface area contributed by atoms with Gasteiger partial charge in [0, 0.05) is 0 Å². The summed E-state index contributed by atoms with van der Waals surface area (Å²) >= 11 is 0. The Hall–Kier alpha value is -2.75. The van der Waals surface area contributed by atoms with Crippen LogP contribution in [0.25, 0.3) is 5.69 Å². The molecule has 0 aliphatic carbocycles. The predicted molar refractivity (Wildman–Crippen MR) is 62.2 cm³/mol. The van der Waals surface area contributed by atoms with E-state index in [1.807, 2.05) is 6.07 Å². The molecule has 2 aromatic rings. The van der Waals surface area contributed by atoms with Crippen molar-refractivity contribution in [3.8, 4) is 11.8 Å². The van der Waals surface area contributed by atoms with E-state index in [1.165, 1.54) is 16.9 Å². The summed E-state index contributed by atoms with van der Waals surface area (Å²) in [6.07, 6.45) is 1.46. The van der Waals surface area contributed by atoms with E-state index in [1.54, 1.807) is 19.9 Å². The standard InChI is InChI=1S/C11H9N5O2/c1-7-11(16(17)18)8(2)15(14-7)10-4-3-9(5-12)13-6-10/h3-4,6H,1-2H3. The molecule has 90 valence electrons. The highest BCUT2D eigenvalue weighted by Gasteiger charge is 2.22. The van der Waals surface area contributed by atoms with E-state index in [0.717, 1.165) is 0 Å². The smallest absolute Gasteiger partial charge is 0.258 e. The molecule has 0 atom stereocenters. The van der Waals surface area contributed by atoms with Crippen molar-refractivity contribution in [1.29, 1.82) is 5.26 Å². The van der Waals surface area contributed by atoms with E-state index in [9.17, 15) is 10.1 Å². The molecule has 0 fully saturated rings. The average Bonchev–Trinajstić information content (AvgIpc) is 2.65.